The first-order chi connectivity index (χ1) is 10.2. The molecule has 2 N–H and O–H groups in total. The van der Waals surface area contributed by atoms with Crippen LogP contribution in [-0.4, -0.2) is 21.6 Å². The summed E-state index contributed by atoms with van der Waals surface area (Å²) in [5, 5.41) is 24.3. The molecule has 0 saturated carbocycles. The molecule has 2 aromatic heterocycles. The van der Waals surface area contributed by atoms with E-state index in [2.05, 4.69) is 10.3 Å². The van der Waals surface area contributed by atoms with Crippen molar-refractivity contribution >= 4 is 11.5 Å². The maximum atomic E-state index is 10.7. The molecule has 1 unspecified atom stereocenters. The van der Waals surface area contributed by atoms with Gasteiger partial charge >= 0.3 is 0 Å². The highest BCUT2D eigenvalue weighted by atomic mass is 16.6. The van der Waals surface area contributed by atoms with Gasteiger partial charge in [0.1, 0.15) is 29.1 Å². The second kappa shape index (κ2) is 5.76. The Morgan fingerprint density at radius 3 is 2.59 bits per heavy atom. The number of aryl methyl sites for hydroxylation is 3. The Bertz CT molecular complexity index is 707. The number of furan rings is 1. The molecule has 0 bridgehead atoms. The van der Waals surface area contributed by atoms with E-state index in [0.29, 0.717) is 22.7 Å². The molecule has 0 fully saturated rings. The highest BCUT2D eigenvalue weighted by Crippen LogP contribution is 2.28. The smallest absolute Gasteiger partial charge is 0.287 e. The Hall–Kier alpha value is -2.41. The monoisotopic (exact) mass is 305 g/mol. The topological polar surface area (TPSA) is 101 Å². The van der Waals surface area contributed by atoms with Gasteiger partial charge in [0.15, 0.2) is 0 Å². The summed E-state index contributed by atoms with van der Waals surface area (Å²) in [5.74, 6) is 1.90. The third kappa shape index (κ3) is 3.25. The van der Waals surface area contributed by atoms with E-state index < -0.39 is 10.5 Å². The lowest BCUT2D eigenvalue weighted by atomic mass is 9.96. The molecule has 1 atom stereocenters. The molecule has 7 nitrogen and oxygen atoms in total. The second-order valence-corrected chi connectivity index (χ2v) is 5.57. The van der Waals surface area contributed by atoms with E-state index in [1.54, 1.807) is 26.8 Å². The van der Waals surface area contributed by atoms with Crippen LogP contribution >= 0.6 is 0 Å². The number of nitrogens with zero attached hydrogens (tertiary/aromatic N) is 2. The first kappa shape index (κ1) is 16.0. The van der Waals surface area contributed by atoms with Gasteiger partial charge in [0.25, 0.3) is 5.69 Å². The minimum Gasteiger partial charge on any atom is -0.466 e. The van der Waals surface area contributed by atoms with E-state index in [9.17, 15) is 15.2 Å². The number of rotatable bonds is 5. The van der Waals surface area contributed by atoms with Gasteiger partial charge < -0.3 is 14.8 Å². The van der Waals surface area contributed by atoms with Crippen LogP contribution in [-0.2, 0) is 5.60 Å². The molecule has 22 heavy (non-hydrogen) atoms. The number of aliphatic hydroxyl groups is 1. The zero-order valence-electron chi connectivity index (χ0n) is 13.0. The number of aromatic nitrogens is 1. The van der Waals surface area contributed by atoms with E-state index in [-0.39, 0.29) is 12.2 Å². The molecule has 0 amide bonds. The van der Waals surface area contributed by atoms with Crippen LogP contribution in [0.2, 0.25) is 0 Å². The highest BCUT2D eigenvalue weighted by molar-refractivity contribution is 5.48. The van der Waals surface area contributed by atoms with Crippen molar-refractivity contribution in [2.24, 2.45) is 0 Å². The minimum absolute atomic E-state index is 0.0592. The molecule has 0 aliphatic rings. The van der Waals surface area contributed by atoms with Crippen LogP contribution in [0.1, 0.15) is 29.6 Å². The summed E-state index contributed by atoms with van der Waals surface area (Å²) >= 11 is 0. The standard InChI is InChI=1S/C15H19N3O4/c1-9-5-12(18(20)21)7-16-14(9)17-8-15(4,19)13-6-10(2)22-11(13)3/h5-7,19H,8H2,1-4H3,(H,16,17). The lowest BCUT2D eigenvalue weighted by Gasteiger charge is -2.24. The summed E-state index contributed by atoms with van der Waals surface area (Å²) in [6, 6.07) is 3.24. The van der Waals surface area contributed by atoms with Crippen LogP contribution in [0, 0.1) is 30.9 Å². The lowest BCUT2D eigenvalue weighted by molar-refractivity contribution is -0.385. The summed E-state index contributed by atoms with van der Waals surface area (Å²) in [5.41, 5.74) is 0.149. The third-order valence-corrected chi connectivity index (χ3v) is 3.50. The summed E-state index contributed by atoms with van der Waals surface area (Å²) in [7, 11) is 0. The average Bonchev–Trinajstić information content (AvgIpc) is 2.77. The molecule has 0 aliphatic carbocycles. The van der Waals surface area contributed by atoms with Gasteiger partial charge in [0.2, 0.25) is 0 Å². The highest BCUT2D eigenvalue weighted by Gasteiger charge is 2.27. The van der Waals surface area contributed by atoms with Crippen molar-refractivity contribution in [3.05, 3.63) is 51.1 Å². The largest absolute Gasteiger partial charge is 0.466 e. The summed E-state index contributed by atoms with van der Waals surface area (Å²) in [6.45, 7) is 7.23. The van der Waals surface area contributed by atoms with Gasteiger partial charge in [-0.25, -0.2) is 4.98 Å². The van der Waals surface area contributed by atoms with Gasteiger partial charge in [-0.05, 0) is 39.3 Å². The van der Waals surface area contributed by atoms with Crippen molar-refractivity contribution in [1.29, 1.82) is 0 Å². The zero-order chi connectivity index (χ0) is 16.5. The number of pyridine rings is 1. The minimum atomic E-state index is -1.14. The summed E-state index contributed by atoms with van der Waals surface area (Å²) in [4.78, 5) is 14.2. The second-order valence-electron chi connectivity index (χ2n) is 5.57. The van der Waals surface area contributed by atoms with Gasteiger partial charge in [-0.3, -0.25) is 10.1 Å². The number of nitro groups is 1. The van der Waals surface area contributed by atoms with E-state index >= 15 is 0 Å². The Morgan fingerprint density at radius 2 is 2.09 bits per heavy atom. The van der Waals surface area contributed by atoms with Crippen LogP contribution in [0.15, 0.2) is 22.7 Å². The van der Waals surface area contributed by atoms with Crippen molar-refractivity contribution in [3.8, 4) is 0 Å². The number of hydrogen-bond acceptors (Lipinski definition) is 6. The van der Waals surface area contributed by atoms with Crippen LogP contribution in [0.5, 0.6) is 0 Å². The number of nitrogens with one attached hydrogen (secondary N) is 1. The van der Waals surface area contributed by atoms with Crippen LogP contribution in [0.25, 0.3) is 0 Å². The SMILES string of the molecule is Cc1cc(C(C)(O)CNc2ncc([N+](=O)[O-])cc2C)c(C)o1. The van der Waals surface area contributed by atoms with Gasteiger partial charge in [-0.2, -0.15) is 0 Å². The molecule has 0 spiro atoms. The Morgan fingerprint density at radius 1 is 1.41 bits per heavy atom. The predicted octanol–water partition coefficient (Wildman–Crippen LogP) is 2.83. The van der Waals surface area contributed by atoms with Crippen molar-refractivity contribution in [2.75, 3.05) is 11.9 Å². The quantitative estimate of drug-likeness (QED) is 0.650. The molecule has 2 aromatic rings. The zero-order valence-corrected chi connectivity index (χ0v) is 13.0. The van der Waals surface area contributed by atoms with E-state index in [4.69, 9.17) is 4.42 Å². The van der Waals surface area contributed by atoms with Crippen LogP contribution in [0.3, 0.4) is 0 Å². The predicted molar refractivity (Wildman–Crippen MR) is 81.9 cm³/mol. The fourth-order valence-electron chi connectivity index (χ4n) is 2.36. The van der Waals surface area contributed by atoms with Gasteiger partial charge in [0, 0.05) is 18.2 Å². The fraction of sp³-hybridized carbons (Fsp3) is 0.400. The van der Waals surface area contributed by atoms with Crippen molar-refractivity contribution in [2.45, 2.75) is 33.3 Å². The van der Waals surface area contributed by atoms with Gasteiger partial charge in [-0.1, -0.05) is 0 Å². The van der Waals surface area contributed by atoms with Crippen LogP contribution in [0.4, 0.5) is 11.5 Å². The van der Waals surface area contributed by atoms with Gasteiger partial charge in [0.05, 0.1) is 4.92 Å². The molecular weight excluding hydrogens is 286 g/mol. The van der Waals surface area contributed by atoms with Crippen molar-refractivity contribution in [3.63, 3.8) is 0 Å². The van der Waals surface area contributed by atoms with Gasteiger partial charge in [-0.15, -0.1) is 0 Å². The first-order valence-corrected chi connectivity index (χ1v) is 6.85. The van der Waals surface area contributed by atoms with E-state index in [1.807, 2.05) is 6.92 Å². The Labute approximate surface area is 128 Å². The number of hydrogen-bond donors (Lipinski definition) is 2. The normalized spacial score (nSPS) is 13.7. The molecule has 0 aliphatic heterocycles. The Balaban J connectivity index is 2.15. The first-order valence-electron chi connectivity index (χ1n) is 6.85. The Kier molecular flexibility index (Phi) is 4.18. The van der Waals surface area contributed by atoms with Crippen molar-refractivity contribution in [1.82, 2.24) is 4.98 Å². The molecular formula is C15H19N3O4. The lowest BCUT2D eigenvalue weighted by Crippen LogP contribution is -2.31. The molecule has 0 aromatic carbocycles. The summed E-state index contributed by atoms with van der Waals surface area (Å²) in [6.07, 6.45) is 1.19. The van der Waals surface area contributed by atoms with E-state index in [1.165, 1.54) is 12.3 Å². The third-order valence-electron chi connectivity index (χ3n) is 3.50. The number of anilines is 1. The molecule has 0 saturated heterocycles. The van der Waals surface area contributed by atoms with Crippen molar-refractivity contribution < 1.29 is 14.4 Å². The summed E-state index contributed by atoms with van der Waals surface area (Å²) < 4.78 is 5.44. The fourth-order valence-corrected chi connectivity index (χ4v) is 2.36. The molecule has 2 rings (SSSR count). The van der Waals surface area contributed by atoms with E-state index in [0.717, 1.165) is 5.76 Å². The average molecular weight is 305 g/mol. The molecule has 2 heterocycles. The molecule has 0 radical (unpaired) electrons. The van der Waals surface area contributed by atoms with Crippen LogP contribution < -0.4 is 5.32 Å². The molecule has 118 valence electrons. The molecule has 7 heteroatoms. The maximum Gasteiger partial charge on any atom is 0.287 e. The maximum absolute atomic E-state index is 10.7.